The molecule has 3 aromatic rings. The summed E-state index contributed by atoms with van der Waals surface area (Å²) in [5.41, 5.74) is 3.69. The number of para-hydroxylation sites is 2. The van der Waals surface area contributed by atoms with Crippen molar-refractivity contribution in [2.45, 2.75) is 31.8 Å². The summed E-state index contributed by atoms with van der Waals surface area (Å²) in [6.07, 6.45) is 0.544. The van der Waals surface area contributed by atoms with Crippen molar-refractivity contribution in [3.8, 4) is 0 Å². The molecule has 0 aliphatic carbocycles. The number of nitrogens with zero attached hydrogens (tertiary/aromatic N) is 2. The number of nitrogens with one attached hydrogen (secondary N) is 1. The Labute approximate surface area is 192 Å². The number of anilines is 2. The van der Waals surface area contributed by atoms with Gasteiger partial charge in [-0.2, -0.15) is 0 Å². The van der Waals surface area contributed by atoms with Crippen LogP contribution in [0.4, 0.5) is 11.4 Å². The molecule has 1 unspecified atom stereocenters. The van der Waals surface area contributed by atoms with Gasteiger partial charge >= 0.3 is 0 Å². The highest BCUT2D eigenvalue weighted by Crippen LogP contribution is 2.44. The largest absolute Gasteiger partial charge is 0.355 e. The Kier molecular flexibility index (Phi) is 4.90. The van der Waals surface area contributed by atoms with E-state index in [2.05, 4.69) is 5.32 Å². The van der Waals surface area contributed by atoms with Crippen molar-refractivity contribution >= 4 is 34.5 Å². The van der Waals surface area contributed by atoms with Crippen molar-refractivity contribution in [1.82, 2.24) is 4.90 Å². The Morgan fingerprint density at radius 3 is 2.47 bits per heavy atom. The molecule has 5 nitrogen and oxygen atoms in total. The monoisotopic (exact) mass is 443 g/mol. The molecular weight excluding hydrogens is 418 g/mol. The number of hydrogen-bond donors (Lipinski definition) is 1. The molecule has 5 rings (SSSR count). The summed E-state index contributed by atoms with van der Waals surface area (Å²) in [6, 6.07) is 21.2. The van der Waals surface area contributed by atoms with Crippen molar-refractivity contribution in [1.29, 1.82) is 0 Å². The lowest BCUT2D eigenvalue weighted by atomic mass is 9.93. The van der Waals surface area contributed by atoms with E-state index < -0.39 is 11.6 Å². The second-order valence-electron chi connectivity index (χ2n) is 8.71. The van der Waals surface area contributed by atoms with Gasteiger partial charge in [-0.1, -0.05) is 48.5 Å². The zero-order valence-corrected chi connectivity index (χ0v) is 19.1. The molecule has 0 radical (unpaired) electrons. The lowest BCUT2D eigenvalue weighted by Crippen LogP contribution is -2.46. The number of benzene rings is 2. The molecule has 162 valence electrons. The third-order valence-corrected chi connectivity index (χ3v) is 7.40. The second kappa shape index (κ2) is 7.64. The topological polar surface area (TPSA) is 52.7 Å². The first-order valence-corrected chi connectivity index (χ1v) is 11.6. The highest BCUT2D eigenvalue weighted by molar-refractivity contribution is 7.12. The number of carbonyl (C=O) groups excluding carboxylic acids is 2. The molecule has 2 aliphatic heterocycles. The molecule has 3 heterocycles. The van der Waals surface area contributed by atoms with Crippen LogP contribution in [-0.4, -0.2) is 35.3 Å². The van der Waals surface area contributed by atoms with Gasteiger partial charge < -0.3 is 10.2 Å². The van der Waals surface area contributed by atoms with Gasteiger partial charge in [-0.15, -0.1) is 11.3 Å². The fraction of sp³-hybridized carbons (Fsp3) is 0.231. The number of hydrogen-bond acceptors (Lipinski definition) is 4. The van der Waals surface area contributed by atoms with Crippen LogP contribution in [0.2, 0.25) is 0 Å². The minimum Gasteiger partial charge on any atom is -0.355 e. The first-order chi connectivity index (χ1) is 15.4. The number of rotatable bonds is 3. The van der Waals surface area contributed by atoms with Gasteiger partial charge in [0.1, 0.15) is 0 Å². The van der Waals surface area contributed by atoms with E-state index in [1.54, 1.807) is 4.90 Å². The smallest absolute Gasteiger partial charge is 0.268 e. The highest BCUT2D eigenvalue weighted by atomic mass is 32.1. The third kappa shape index (κ3) is 3.14. The van der Waals surface area contributed by atoms with E-state index in [1.165, 1.54) is 11.3 Å². The molecule has 32 heavy (non-hydrogen) atoms. The number of carbonyl (C=O) groups is 2. The number of amides is 2. The van der Waals surface area contributed by atoms with Gasteiger partial charge in [0.05, 0.1) is 39.1 Å². The fourth-order valence-electron chi connectivity index (χ4n) is 4.59. The Morgan fingerprint density at radius 2 is 1.75 bits per heavy atom. The van der Waals surface area contributed by atoms with Crippen molar-refractivity contribution < 1.29 is 9.59 Å². The number of thiophene rings is 1. The van der Waals surface area contributed by atoms with Crippen molar-refractivity contribution in [3.63, 3.8) is 0 Å². The maximum atomic E-state index is 13.9. The summed E-state index contributed by atoms with van der Waals surface area (Å²) in [6.45, 7) is 4.08. The van der Waals surface area contributed by atoms with Crippen LogP contribution in [0.3, 0.4) is 0 Å². The number of likely N-dealkylation sites (N-methyl/N-ethyl adjacent to an activating group) is 1. The number of fused-ring (bicyclic) bond motifs is 1. The van der Waals surface area contributed by atoms with E-state index in [0.29, 0.717) is 16.9 Å². The molecule has 0 bridgehead atoms. The predicted octanol–water partition coefficient (Wildman–Crippen LogP) is 4.94. The van der Waals surface area contributed by atoms with Crippen LogP contribution in [0.15, 0.2) is 83.4 Å². The molecule has 2 aliphatic rings. The van der Waals surface area contributed by atoms with Gasteiger partial charge in [0.2, 0.25) is 0 Å². The first-order valence-electron chi connectivity index (χ1n) is 10.7. The highest BCUT2D eigenvalue weighted by Gasteiger charge is 2.49. The average Bonchev–Trinajstić information content (AvgIpc) is 3.34. The maximum Gasteiger partial charge on any atom is 0.268 e. The summed E-state index contributed by atoms with van der Waals surface area (Å²) >= 11 is 1.42. The summed E-state index contributed by atoms with van der Waals surface area (Å²) < 4.78 is 0. The average molecular weight is 444 g/mol. The summed E-state index contributed by atoms with van der Waals surface area (Å²) in [5, 5.41) is 5.45. The lowest BCUT2D eigenvalue weighted by Gasteiger charge is -2.34. The van der Waals surface area contributed by atoms with Crippen LogP contribution in [-0.2, 0) is 11.2 Å². The SMILES string of the molecule is CN1C(=O)C2=C(Nc3ccccc3N(C(=O)c3cccs3)C2Cc2ccccc2)C1(C)C. The van der Waals surface area contributed by atoms with Gasteiger partial charge in [-0.05, 0) is 49.4 Å². The van der Waals surface area contributed by atoms with E-state index in [-0.39, 0.29) is 11.8 Å². The molecule has 2 aromatic carbocycles. The zero-order chi connectivity index (χ0) is 22.5. The van der Waals surface area contributed by atoms with E-state index in [1.807, 2.05) is 97.9 Å². The minimum atomic E-state index is -0.517. The van der Waals surface area contributed by atoms with Crippen molar-refractivity contribution in [2.24, 2.45) is 0 Å². The molecule has 0 saturated carbocycles. The molecule has 1 aromatic heterocycles. The Hall–Kier alpha value is -3.38. The molecule has 2 amide bonds. The normalized spacial score (nSPS) is 19.3. The molecular formula is C26H25N3O2S. The zero-order valence-electron chi connectivity index (χ0n) is 18.3. The molecule has 1 atom stereocenters. The van der Waals surface area contributed by atoms with E-state index >= 15 is 0 Å². The quantitative estimate of drug-likeness (QED) is 0.624. The first kappa shape index (κ1) is 20.5. The van der Waals surface area contributed by atoms with Crippen molar-refractivity contribution in [3.05, 3.63) is 93.8 Å². The fourth-order valence-corrected chi connectivity index (χ4v) is 5.25. The van der Waals surface area contributed by atoms with Crippen LogP contribution in [0, 0.1) is 0 Å². The van der Waals surface area contributed by atoms with Gasteiger partial charge in [0, 0.05) is 7.05 Å². The molecule has 1 N–H and O–H groups in total. The third-order valence-electron chi connectivity index (χ3n) is 6.55. The molecule has 6 heteroatoms. The maximum absolute atomic E-state index is 13.9. The van der Waals surface area contributed by atoms with Gasteiger partial charge in [-0.25, -0.2) is 0 Å². The lowest BCUT2D eigenvalue weighted by molar-refractivity contribution is -0.127. The van der Waals surface area contributed by atoms with Crippen LogP contribution < -0.4 is 10.2 Å². The van der Waals surface area contributed by atoms with Crippen LogP contribution >= 0.6 is 11.3 Å². The minimum absolute atomic E-state index is 0.0461. The molecule has 0 fully saturated rings. The van der Waals surface area contributed by atoms with E-state index in [4.69, 9.17) is 0 Å². The van der Waals surface area contributed by atoms with Crippen molar-refractivity contribution in [2.75, 3.05) is 17.3 Å². The molecule has 0 saturated heterocycles. The predicted molar refractivity (Wildman–Crippen MR) is 129 cm³/mol. The Balaban J connectivity index is 1.76. The van der Waals surface area contributed by atoms with Gasteiger partial charge in [0.15, 0.2) is 0 Å². The molecule has 0 spiro atoms. The van der Waals surface area contributed by atoms with Crippen LogP contribution in [0.5, 0.6) is 0 Å². The van der Waals surface area contributed by atoms with Gasteiger partial charge in [-0.3, -0.25) is 14.5 Å². The van der Waals surface area contributed by atoms with Crippen LogP contribution in [0.1, 0.15) is 29.1 Å². The van der Waals surface area contributed by atoms with Crippen LogP contribution in [0.25, 0.3) is 0 Å². The summed E-state index contributed by atoms with van der Waals surface area (Å²) in [4.78, 5) is 31.7. The summed E-state index contributed by atoms with van der Waals surface area (Å²) in [7, 11) is 1.83. The van der Waals surface area contributed by atoms with Gasteiger partial charge in [0.25, 0.3) is 11.8 Å². The van der Waals surface area contributed by atoms with E-state index in [0.717, 1.165) is 22.6 Å². The summed E-state index contributed by atoms with van der Waals surface area (Å²) in [5.74, 6) is -0.140. The second-order valence-corrected chi connectivity index (χ2v) is 9.66. The standard InChI is InChI=1S/C26H25N3O2S/c1-26(2)23-22(25(31)28(26)3)20(16-17-10-5-4-6-11-17)29(24(30)21-14-9-15-32-21)19-13-8-7-12-18(19)27-23/h4-15,20,27H,16H2,1-3H3. The Morgan fingerprint density at radius 1 is 1.03 bits per heavy atom. The Bertz CT molecular complexity index is 1210. The van der Waals surface area contributed by atoms with E-state index in [9.17, 15) is 9.59 Å².